The molecule has 7 heteroatoms. The molecule has 1 atom stereocenters. The first-order chi connectivity index (χ1) is 9.86. The monoisotopic (exact) mass is 295 g/mol. The second-order valence-corrected chi connectivity index (χ2v) is 4.50. The summed E-state index contributed by atoms with van der Waals surface area (Å²) in [7, 11) is 1.33. The number of ketones is 1. The van der Waals surface area contributed by atoms with Crippen molar-refractivity contribution in [3.05, 3.63) is 29.3 Å². The quantitative estimate of drug-likeness (QED) is 0.644. The average Bonchev–Trinajstić information content (AvgIpc) is 2.44. The smallest absolute Gasteiger partial charge is 0.339 e. The molecule has 7 nitrogen and oxygen atoms in total. The summed E-state index contributed by atoms with van der Waals surface area (Å²) in [5.41, 5.74) is 5.75. The first-order valence-corrected chi connectivity index (χ1v) is 6.26. The van der Waals surface area contributed by atoms with Crippen LogP contribution >= 0.6 is 0 Å². The predicted octanol–water partition coefficient (Wildman–Crippen LogP) is 0.697. The number of carbonyl (C=O) groups is 3. The number of hydrogen-bond acceptors (Lipinski definition) is 5. The van der Waals surface area contributed by atoms with Gasteiger partial charge in [-0.3, -0.25) is 9.59 Å². The third-order valence-electron chi connectivity index (χ3n) is 2.97. The Kier molecular flexibility index (Phi) is 5.86. The normalized spacial score (nSPS) is 11.7. The fraction of sp³-hybridized carbons (Fsp3) is 0.357. The Morgan fingerprint density at radius 1 is 1.29 bits per heavy atom. The zero-order chi connectivity index (χ0) is 16.0. The molecule has 0 radical (unpaired) electrons. The second kappa shape index (κ2) is 7.39. The van der Waals surface area contributed by atoms with Gasteiger partial charge in [-0.25, -0.2) is 4.79 Å². The van der Waals surface area contributed by atoms with E-state index in [2.05, 4.69) is 0 Å². The summed E-state index contributed by atoms with van der Waals surface area (Å²) in [5.74, 6) is -2.39. The molecule has 0 amide bonds. The molecule has 4 N–H and O–H groups in total. The molecule has 1 aromatic rings. The van der Waals surface area contributed by atoms with E-state index in [1.165, 1.54) is 19.2 Å². The fourth-order valence-electron chi connectivity index (χ4n) is 1.87. The topological polar surface area (TPSA) is 127 Å². The van der Waals surface area contributed by atoms with E-state index in [9.17, 15) is 14.4 Å². The third-order valence-corrected chi connectivity index (χ3v) is 2.97. The number of carbonyl (C=O) groups excluding carboxylic acids is 1. The summed E-state index contributed by atoms with van der Waals surface area (Å²) >= 11 is 0. The van der Waals surface area contributed by atoms with Gasteiger partial charge in [0, 0.05) is 18.4 Å². The lowest BCUT2D eigenvalue weighted by Gasteiger charge is -2.11. The summed E-state index contributed by atoms with van der Waals surface area (Å²) in [6.45, 7) is 0. The highest BCUT2D eigenvalue weighted by atomic mass is 16.5. The highest BCUT2D eigenvalue weighted by molar-refractivity contribution is 5.92. The van der Waals surface area contributed by atoms with Crippen molar-refractivity contribution in [3.63, 3.8) is 0 Å². The minimum absolute atomic E-state index is 0.00786. The van der Waals surface area contributed by atoms with Crippen LogP contribution < -0.4 is 10.5 Å². The Morgan fingerprint density at radius 2 is 1.95 bits per heavy atom. The van der Waals surface area contributed by atoms with Crippen LogP contribution in [0.2, 0.25) is 0 Å². The first-order valence-electron chi connectivity index (χ1n) is 6.26. The van der Waals surface area contributed by atoms with Crippen LogP contribution in [-0.2, 0) is 16.0 Å². The van der Waals surface area contributed by atoms with Crippen LogP contribution in [0, 0.1) is 0 Å². The third kappa shape index (κ3) is 4.57. The number of carboxylic acids is 2. The van der Waals surface area contributed by atoms with Gasteiger partial charge in [0.1, 0.15) is 23.1 Å². The van der Waals surface area contributed by atoms with E-state index >= 15 is 0 Å². The van der Waals surface area contributed by atoms with E-state index in [1.54, 1.807) is 6.07 Å². The number of aromatic carboxylic acids is 1. The highest BCUT2D eigenvalue weighted by Gasteiger charge is 2.18. The summed E-state index contributed by atoms with van der Waals surface area (Å²) in [4.78, 5) is 33.5. The Labute approximate surface area is 121 Å². The molecule has 1 rings (SSSR count). The van der Waals surface area contributed by atoms with Gasteiger partial charge in [-0.2, -0.15) is 0 Å². The van der Waals surface area contributed by atoms with Crippen molar-refractivity contribution in [2.24, 2.45) is 5.73 Å². The summed E-state index contributed by atoms with van der Waals surface area (Å²) in [5, 5.41) is 17.7. The molecule has 0 bridgehead atoms. The number of nitrogens with two attached hydrogens (primary N) is 1. The number of ether oxygens (including phenoxy) is 1. The van der Waals surface area contributed by atoms with Gasteiger partial charge in [-0.1, -0.05) is 12.1 Å². The Balaban J connectivity index is 2.79. The molecule has 0 aliphatic carbocycles. The van der Waals surface area contributed by atoms with Gasteiger partial charge >= 0.3 is 11.9 Å². The van der Waals surface area contributed by atoms with Gasteiger partial charge in [-0.15, -0.1) is 0 Å². The maximum atomic E-state index is 11.8. The van der Waals surface area contributed by atoms with Gasteiger partial charge in [0.25, 0.3) is 0 Å². The SMILES string of the molecule is COc1c(CC(=O)CC[C@H](N)C(=O)O)cccc1C(=O)O. The zero-order valence-corrected chi connectivity index (χ0v) is 11.5. The van der Waals surface area contributed by atoms with Crippen LogP contribution in [0.15, 0.2) is 18.2 Å². The van der Waals surface area contributed by atoms with Crippen molar-refractivity contribution in [1.29, 1.82) is 0 Å². The van der Waals surface area contributed by atoms with E-state index in [4.69, 9.17) is 20.7 Å². The summed E-state index contributed by atoms with van der Waals surface area (Å²) in [6.07, 6.45) is 0.0135. The lowest BCUT2D eigenvalue weighted by Crippen LogP contribution is -2.30. The van der Waals surface area contributed by atoms with Crippen LogP contribution in [0.4, 0.5) is 0 Å². The number of methoxy groups -OCH3 is 1. The maximum Gasteiger partial charge on any atom is 0.339 e. The molecule has 0 aliphatic rings. The van der Waals surface area contributed by atoms with Crippen molar-refractivity contribution in [2.75, 3.05) is 7.11 Å². The maximum absolute atomic E-state index is 11.8. The van der Waals surface area contributed by atoms with Crippen LogP contribution in [0.3, 0.4) is 0 Å². The van der Waals surface area contributed by atoms with Crippen molar-refractivity contribution >= 4 is 17.7 Å². The summed E-state index contributed by atoms with van der Waals surface area (Å²) in [6, 6.07) is 3.43. The van der Waals surface area contributed by atoms with Gasteiger partial charge in [0.2, 0.25) is 0 Å². The van der Waals surface area contributed by atoms with Crippen LogP contribution in [-0.4, -0.2) is 41.1 Å². The fourth-order valence-corrected chi connectivity index (χ4v) is 1.87. The lowest BCUT2D eigenvalue weighted by molar-refractivity contribution is -0.138. The molecule has 1 aromatic carbocycles. The number of aliphatic carboxylic acids is 1. The first kappa shape index (κ1) is 16.6. The van der Waals surface area contributed by atoms with E-state index in [-0.39, 0.29) is 36.4 Å². The van der Waals surface area contributed by atoms with E-state index < -0.39 is 18.0 Å². The number of rotatable bonds is 8. The molecule has 0 aromatic heterocycles. The van der Waals surface area contributed by atoms with Gasteiger partial charge < -0.3 is 20.7 Å². The lowest BCUT2D eigenvalue weighted by atomic mass is 10.0. The Bertz CT molecular complexity index is 554. The van der Waals surface area contributed by atoms with E-state index in [0.717, 1.165) is 0 Å². The Morgan fingerprint density at radius 3 is 2.48 bits per heavy atom. The Hall–Kier alpha value is -2.41. The number of hydrogen-bond donors (Lipinski definition) is 3. The molecule has 0 spiro atoms. The number of Topliss-reactive ketones (excluding diaryl/α,β-unsaturated/α-hetero) is 1. The molecule has 0 saturated heterocycles. The highest BCUT2D eigenvalue weighted by Crippen LogP contribution is 2.25. The molecule has 0 saturated carbocycles. The molecule has 21 heavy (non-hydrogen) atoms. The molecule has 0 fully saturated rings. The van der Waals surface area contributed by atoms with Crippen LogP contribution in [0.25, 0.3) is 0 Å². The van der Waals surface area contributed by atoms with Gasteiger partial charge in [0.05, 0.1) is 7.11 Å². The second-order valence-electron chi connectivity index (χ2n) is 4.50. The van der Waals surface area contributed by atoms with Gasteiger partial charge in [0.15, 0.2) is 0 Å². The molecular weight excluding hydrogens is 278 g/mol. The van der Waals surface area contributed by atoms with Crippen molar-refractivity contribution in [1.82, 2.24) is 0 Å². The standard InChI is InChI=1S/C14H17NO6/c1-21-12-8(3-2-4-10(12)13(17)18)7-9(16)5-6-11(15)14(19)20/h2-4,11H,5-7,15H2,1H3,(H,17,18)(H,19,20)/t11-/m0/s1. The molecule has 114 valence electrons. The minimum Gasteiger partial charge on any atom is -0.496 e. The van der Waals surface area contributed by atoms with E-state index in [1.807, 2.05) is 0 Å². The van der Waals surface area contributed by atoms with Crippen molar-refractivity contribution in [3.8, 4) is 5.75 Å². The molecule has 0 unspecified atom stereocenters. The predicted molar refractivity (Wildman–Crippen MR) is 73.5 cm³/mol. The van der Waals surface area contributed by atoms with Crippen molar-refractivity contribution in [2.45, 2.75) is 25.3 Å². The van der Waals surface area contributed by atoms with Crippen LogP contribution in [0.1, 0.15) is 28.8 Å². The van der Waals surface area contributed by atoms with E-state index in [0.29, 0.717) is 5.56 Å². The zero-order valence-electron chi connectivity index (χ0n) is 11.5. The number of para-hydroxylation sites is 1. The average molecular weight is 295 g/mol. The number of carboxylic acid groups (broad SMARTS) is 2. The molecular formula is C14H17NO6. The van der Waals surface area contributed by atoms with Crippen molar-refractivity contribution < 1.29 is 29.3 Å². The van der Waals surface area contributed by atoms with Gasteiger partial charge in [-0.05, 0) is 12.5 Å². The number of benzene rings is 1. The minimum atomic E-state index is -1.16. The largest absolute Gasteiger partial charge is 0.496 e. The molecule has 0 aliphatic heterocycles. The summed E-state index contributed by atoms with van der Waals surface area (Å²) < 4.78 is 5.05. The molecule has 0 heterocycles. The van der Waals surface area contributed by atoms with Crippen LogP contribution in [0.5, 0.6) is 5.75 Å².